The molecular weight excluding hydrogens is 276 g/mol. The smallest absolute Gasteiger partial charge is 0.309 e. The number of nitrogens with zero attached hydrogens (tertiary/aromatic N) is 2. The Bertz CT molecular complexity index is 655. The molecule has 1 heterocycles. The summed E-state index contributed by atoms with van der Waals surface area (Å²) in [5, 5.41) is 10.8. The number of nitro groups is 1. The van der Waals surface area contributed by atoms with Crippen molar-refractivity contribution in [2.45, 2.75) is 12.5 Å². The molecule has 0 bridgehead atoms. The minimum absolute atomic E-state index is 0.0271. The Balaban J connectivity index is 2.32. The van der Waals surface area contributed by atoms with Crippen LogP contribution in [0.1, 0.15) is 11.5 Å². The van der Waals surface area contributed by atoms with E-state index in [0.29, 0.717) is 12.3 Å². The Morgan fingerprint density at radius 2 is 1.90 bits per heavy atom. The number of pyridine rings is 1. The lowest BCUT2D eigenvalue weighted by Crippen LogP contribution is -2.25. The fourth-order valence-corrected chi connectivity index (χ4v) is 2.36. The van der Waals surface area contributed by atoms with Gasteiger partial charge in [-0.05, 0) is 17.4 Å². The lowest BCUT2D eigenvalue weighted by atomic mass is 10.0. The second-order valence-corrected chi connectivity index (χ2v) is 4.76. The highest BCUT2D eigenvalue weighted by atomic mass is 32.1. The third-order valence-corrected chi connectivity index (χ3v) is 3.55. The molecule has 2 rings (SSSR count). The molecule has 20 heavy (non-hydrogen) atoms. The van der Waals surface area contributed by atoms with Gasteiger partial charge in [-0.15, -0.1) is 0 Å². The van der Waals surface area contributed by atoms with Crippen molar-refractivity contribution in [3.63, 3.8) is 0 Å². The lowest BCUT2D eigenvalue weighted by Gasteiger charge is -2.16. The van der Waals surface area contributed by atoms with E-state index in [1.165, 1.54) is 16.7 Å². The summed E-state index contributed by atoms with van der Waals surface area (Å²) in [6.45, 7) is 0.369. The summed E-state index contributed by atoms with van der Waals surface area (Å²) in [5.41, 5.74) is 0.0691. The SMILES string of the molecule is O=c1c([N+](=O)[O-])cccn1CC(CS)c1ccccc1. The van der Waals surface area contributed by atoms with Crippen LogP contribution in [-0.4, -0.2) is 15.2 Å². The van der Waals surface area contributed by atoms with E-state index in [1.54, 1.807) is 6.20 Å². The molecule has 6 heteroatoms. The van der Waals surface area contributed by atoms with Crippen molar-refractivity contribution in [2.75, 3.05) is 5.75 Å². The molecule has 0 amide bonds. The van der Waals surface area contributed by atoms with Crippen LogP contribution < -0.4 is 5.56 Å². The van der Waals surface area contributed by atoms with E-state index in [1.807, 2.05) is 30.3 Å². The van der Waals surface area contributed by atoms with Gasteiger partial charge >= 0.3 is 11.2 Å². The van der Waals surface area contributed by atoms with Crippen molar-refractivity contribution in [3.05, 3.63) is 74.7 Å². The second-order valence-electron chi connectivity index (χ2n) is 4.40. The molecule has 0 aliphatic heterocycles. The van der Waals surface area contributed by atoms with Gasteiger partial charge in [0.2, 0.25) is 0 Å². The third kappa shape index (κ3) is 3.08. The van der Waals surface area contributed by atoms with Crippen molar-refractivity contribution in [2.24, 2.45) is 0 Å². The van der Waals surface area contributed by atoms with E-state index in [9.17, 15) is 14.9 Å². The zero-order valence-corrected chi connectivity index (χ0v) is 11.6. The van der Waals surface area contributed by atoms with Gasteiger partial charge in [0.1, 0.15) is 0 Å². The van der Waals surface area contributed by atoms with Crippen LogP contribution in [0.4, 0.5) is 5.69 Å². The fraction of sp³-hybridized carbons (Fsp3) is 0.214. The van der Waals surface area contributed by atoms with Crippen LogP contribution >= 0.6 is 12.6 Å². The van der Waals surface area contributed by atoms with Crippen LogP contribution in [0.2, 0.25) is 0 Å². The Labute approximate surface area is 121 Å². The highest BCUT2D eigenvalue weighted by Crippen LogP contribution is 2.19. The fourth-order valence-electron chi connectivity index (χ4n) is 2.04. The predicted molar refractivity (Wildman–Crippen MR) is 80.4 cm³/mol. The van der Waals surface area contributed by atoms with E-state index < -0.39 is 16.2 Å². The van der Waals surface area contributed by atoms with Gasteiger partial charge in [0, 0.05) is 24.7 Å². The van der Waals surface area contributed by atoms with E-state index in [0.717, 1.165) is 5.56 Å². The zero-order chi connectivity index (χ0) is 14.5. The van der Waals surface area contributed by atoms with E-state index in [-0.39, 0.29) is 5.92 Å². The average molecular weight is 290 g/mol. The number of benzene rings is 1. The summed E-state index contributed by atoms with van der Waals surface area (Å²) >= 11 is 4.31. The van der Waals surface area contributed by atoms with Gasteiger partial charge in [0.05, 0.1) is 4.92 Å². The molecule has 1 aromatic heterocycles. The van der Waals surface area contributed by atoms with Crippen molar-refractivity contribution < 1.29 is 4.92 Å². The Hall–Kier alpha value is -2.08. The Morgan fingerprint density at radius 3 is 2.50 bits per heavy atom. The molecule has 0 saturated carbocycles. The first kappa shape index (κ1) is 14.3. The van der Waals surface area contributed by atoms with Gasteiger partial charge < -0.3 is 4.57 Å². The number of rotatable bonds is 5. The zero-order valence-electron chi connectivity index (χ0n) is 10.7. The minimum atomic E-state index is -0.656. The largest absolute Gasteiger partial charge is 0.334 e. The molecule has 0 aliphatic carbocycles. The van der Waals surface area contributed by atoms with Crippen LogP contribution in [0, 0.1) is 10.1 Å². The lowest BCUT2D eigenvalue weighted by molar-refractivity contribution is -0.386. The molecule has 1 unspecified atom stereocenters. The highest BCUT2D eigenvalue weighted by molar-refractivity contribution is 7.80. The molecule has 0 fully saturated rings. The molecule has 0 N–H and O–H groups in total. The van der Waals surface area contributed by atoms with Crippen molar-refractivity contribution >= 4 is 18.3 Å². The summed E-state index contributed by atoms with van der Waals surface area (Å²) in [5.74, 6) is 0.582. The Morgan fingerprint density at radius 1 is 1.20 bits per heavy atom. The van der Waals surface area contributed by atoms with E-state index in [2.05, 4.69) is 12.6 Å². The molecule has 5 nitrogen and oxygen atoms in total. The quantitative estimate of drug-likeness (QED) is 0.522. The topological polar surface area (TPSA) is 65.1 Å². The van der Waals surface area contributed by atoms with Gasteiger partial charge in [0.25, 0.3) is 0 Å². The highest BCUT2D eigenvalue weighted by Gasteiger charge is 2.16. The standard InChI is InChI=1S/C14H14N2O3S/c17-14-13(16(18)19)7-4-8-15(14)9-12(10-20)11-5-2-1-3-6-11/h1-8,12,20H,9-10H2. The van der Waals surface area contributed by atoms with Crippen molar-refractivity contribution in [1.82, 2.24) is 4.57 Å². The number of hydrogen-bond acceptors (Lipinski definition) is 4. The molecule has 1 atom stereocenters. The van der Waals surface area contributed by atoms with Crippen LogP contribution in [0.15, 0.2) is 53.5 Å². The predicted octanol–water partition coefficient (Wildman–Crippen LogP) is 2.47. The minimum Gasteiger partial charge on any atom is -0.309 e. The number of aromatic nitrogens is 1. The van der Waals surface area contributed by atoms with Crippen molar-refractivity contribution in [1.29, 1.82) is 0 Å². The summed E-state index contributed by atoms with van der Waals surface area (Å²) in [4.78, 5) is 22.1. The van der Waals surface area contributed by atoms with Crippen molar-refractivity contribution in [3.8, 4) is 0 Å². The molecule has 0 spiro atoms. The van der Waals surface area contributed by atoms with E-state index in [4.69, 9.17) is 0 Å². The maximum atomic E-state index is 12.0. The third-order valence-electron chi connectivity index (χ3n) is 3.11. The molecular formula is C14H14N2O3S. The summed E-state index contributed by atoms with van der Waals surface area (Å²) in [6, 6.07) is 12.4. The first-order valence-corrected chi connectivity index (χ1v) is 6.76. The van der Waals surface area contributed by atoms with Gasteiger partial charge in [-0.2, -0.15) is 12.6 Å². The number of hydrogen-bond donors (Lipinski definition) is 1. The summed E-state index contributed by atoms with van der Waals surface area (Å²) < 4.78 is 1.37. The van der Waals surface area contributed by atoms with E-state index >= 15 is 0 Å². The van der Waals surface area contributed by atoms with Crippen LogP contribution in [0.25, 0.3) is 0 Å². The molecule has 0 aliphatic rings. The molecule has 2 aromatic rings. The van der Waals surface area contributed by atoms with Crippen LogP contribution in [-0.2, 0) is 6.54 Å². The molecule has 0 radical (unpaired) electrons. The number of thiol groups is 1. The first-order chi connectivity index (χ1) is 9.63. The molecule has 1 aromatic carbocycles. The normalized spacial score (nSPS) is 12.1. The maximum Gasteiger partial charge on any atom is 0.334 e. The van der Waals surface area contributed by atoms with Gasteiger partial charge in [-0.25, -0.2) is 0 Å². The molecule has 104 valence electrons. The first-order valence-electron chi connectivity index (χ1n) is 6.13. The van der Waals surface area contributed by atoms with Gasteiger partial charge in [-0.1, -0.05) is 30.3 Å². The Kier molecular flexibility index (Phi) is 4.57. The van der Waals surface area contributed by atoms with Crippen LogP contribution in [0.3, 0.4) is 0 Å². The van der Waals surface area contributed by atoms with Gasteiger partial charge in [0.15, 0.2) is 0 Å². The monoisotopic (exact) mass is 290 g/mol. The summed E-state index contributed by atoms with van der Waals surface area (Å²) in [7, 11) is 0. The average Bonchev–Trinajstić information content (AvgIpc) is 2.47. The second kappa shape index (κ2) is 6.38. The molecule has 0 saturated heterocycles. The summed E-state index contributed by atoms with van der Waals surface area (Å²) in [6.07, 6.45) is 1.56. The maximum absolute atomic E-state index is 12.0. The van der Waals surface area contributed by atoms with Crippen LogP contribution in [0.5, 0.6) is 0 Å². The van der Waals surface area contributed by atoms with Gasteiger partial charge in [-0.3, -0.25) is 14.9 Å².